The van der Waals surface area contributed by atoms with Gasteiger partial charge in [-0.25, -0.2) is 4.79 Å². The molecular weight excluding hydrogens is 304 g/mol. The number of aliphatic hydroxyl groups excluding tert-OH is 1. The minimum Gasteiger partial charge on any atom is -0.507 e. The van der Waals surface area contributed by atoms with E-state index in [0.717, 1.165) is 6.42 Å². The van der Waals surface area contributed by atoms with Crippen molar-refractivity contribution >= 4 is 5.97 Å². The minimum absolute atomic E-state index is 0.0671. The van der Waals surface area contributed by atoms with Crippen molar-refractivity contribution in [2.75, 3.05) is 6.61 Å². The van der Waals surface area contributed by atoms with Gasteiger partial charge in [0.1, 0.15) is 11.3 Å². The lowest BCUT2D eigenvalue weighted by atomic mass is 10.1. The van der Waals surface area contributed by atoms with Crippen LogP contribution in [0, 0.1) is 0 Å². The SMILES string of the molecule is CCCCCCCCCCCCCO.O=C(O)c1ccccc1O. The Morgan fingerprint density at radius 1 is 0.833 bits per heavy atom. The van der Waals surface area contributed by atoms with E-state index < -0.39 is 5.97 Å². The third kappa shape index (κ3) is 12.9. The molecule has 0 fully saturated rings. The minimum atomic E-state index is -1.11. The second kappa shape index (κ2) is 16.3. The molecule has 4 heteroatoms. The number of para-hydroxylation sites is 1. The summed E-state index contributed by atoms with van der Waals surface area (Å²) < 4.78 is 0. The quantitative estimate of drug-likeness (QED) is 0.447. The van der Waals surface area contributed by atoms with Crippen LogP contribution in [-0.2, 0) is 0 Å². The molecule has 0 radical (unpaired) electrons. The topological polar surface area (TPSA) is 77.8 Å². The maximum atomic E-state index is 10.3. The highest BCUT2D eigenvalue weighted by Crippen LogP contribution is 2.14. The summed E-state index contributed by atoms with van der Waals surface area (Å²) in [5, 5.41) is 25.9. The fraction of sp³-hybridized carbons (Fsp3) is 0.650. The molecule has 1 aromatic carbocycles. The van der Waals surface area contributed by atoms with E-state index in [0.29, 0.717) is 6.61 Å². The van der Waals surface area contributed by atoms with Gasteiger partial charge in [-0.15, -0.1) is 0 Å². The summed E-state index contributed by atoms with van der Waals surface area (Å²) in [6, 6.07) is 5.81. The fourth-order valence-corrected chi connectivity index (χ4v) is 2.43. The molecule has 0 aliphatic carbocycles. The number of aromatic hydroxyl groups is 1. The number of hydrogen-bond acceptors (Lipinski definition) is 3. The number of phenols is 1. The molecule has 0 saturated carbocycles. The Morgan fingerprint density at radius 3 is 1.67 bits per heavy atom. The monoisotopic (exact) mass is 338 g/mol. The first-order valence-corrected chi connectivity index (χ1v) is 9.25. The van der Waals surface area contributed by atoms with Crippen molar-refractivity contribution in [1.82, 2.24) is 0 Å². The van der Waals surface area contributed by atoms with Crippen LogP contribution in [0.1, 0.15) is 87.9 Å². The van der Waals surface area contributed by atoms with Crippen molar-refractivity contribution in [1.29, 1.82) is 0 Å². The summed E-state index contributed by atoms with van der Waals surface area (Å²) in [6.07, 6.45) is 14.8. The van der Waals surface area contributed by atoms with Crippen LogP contribution in [0.2, 0.25) is 0 Å². The fourth-order valence-electron chi connectivity index (χ4n) is 2.43. The van der Waals surface area contributed by atoms with Gasteiger partial charge in [0.2, 0.25) is 0 Å². The predicted octanol–water partition coefficient (Wildman–Crippen LogP) is 5.38. The summed E-state index contributed by atoms with van der Waals surface area (Å²) >= 11 is 0. The lowest BCUT2D eigenvalue weighted by Gasteiger charge is -2.01. The number of hydrogen-bond donors (Lipinski definition) is 3. The molecule has 0 aliphatic rings. The normalized spacial score (nSPS) is 10.1. The third-order valence-corrected chi connectivity index (χ3v) is 3.90. The molecule has 0 amide bonds. The molecule has 0 atom stereocenters. The molecule has 1 aromatic rings. The summed E-state index contributed by atoms with van der Waals surface area (Å²) in [5.74, 6) is -1.31. The van der Waals surface area contributed by atoms with Crippen LogP contribution in [0.25, 0.3) is 0 Å². The van der Waals surface area contributed by atoms with E-state index in [1.807, 2.05) is 0 Å². The maximum absolute atomic E-state index is 10.3. The number of unbranched alkanes of at least 4 members (excludes halogenated alkanes) is 10. The van der Waals surface area contributed by atoms with Crippen LogP contribution >= 0.6 is 0 Å². The van der Waals surface area contributed by atoms with Gasteiger partial charge in [-0.3, -0.25) is 0 Å². The Kier molecular flexibility index (Phi) is 15.3. The average Bonchev–Trinajstić information content (AvgIpc) is 2.57. The van der Waals surface area contributed by atoms with Gasteiger partial charge in [0.05, 0.1) is 0 Å². The van der Waals surface area contributed by atoms with Crippen molar-refractivity contribution in [2.24, 2.45) is 0 Å². The van der Waals surface area contributed by atoms with Gasteiger partial charge in [0, 0.05) is 6.61 Å². The van der Waals surface area contributed by atoms with Crippen LogP contribution in [0.3, 0.4) is 0 Å². The van der Waals surface area contributed by atoms with Crippen molar-refractivity contribution in [3.63, 3.8) is 0 Å². The van der Waals surface area contributed by atoms with E-state index in [4.69, 9.17) is 15.3 Å². The summed E-state index contributed by atoms with van der Waals surface area (Å²) in [7, 11) is 0. The standard InChI is InChI=1S/C13H28O.C7H6O3/c1-2-3-4-5-6-7-8-9-10-11-12-13-14;8-6-4-2-1-3-5(6)7(9)10/h14H,2-13H2,1H3;1-4,8H,(H,9,10). The molecule has 3 N–H and O–H groups in total. The van der Waals surface area contributed by atoms with Gasteiger partial charge in [-0.05, 0) is 18.6 Å². The largest absolute Gasteiger partial charge is 0.507 e. The first kappa shape index (κ1) is 22.4. The second-order valence-electron chi connectivity index (χ2n) is 6.08. The molecule has 0 unspecified atom stereocenters. The molecule has 24 heavy (non-hydrogen) atoms. The molecule has 1 rings (SSSR count). The molecule has 0 bridgehead atoms. The summed E-state index contributed by atoms with van der Waals surface area (Å²) in [4.78, 5) is 10.3. The number of carbonyl (C=O) groups is 1. The summed E-state index contributed by atoms with van der Waals surface area (Å²) in [6.45, 7) is 2.64. The number of carboxylic acids is 1. The Balaban J connectivity index is 0.000000463. The van der Waals surface area contributed by atoms with Gasteiger partial charge in [-0.1, -0.05) is 83.3 Å². The van der Waals surface area contributed by atoms with Crippen molar-refractivity contribution in [3.05, 3.63) is 29.8 Å². The zero-order valence-electron chi connectivity index (χ0n) is 15.0. The molecule has 0 aliphatic heterocycles. The van der Waals surface area contributed by atoms with E-state index in [1.54, 1.807) is 12.1 Å². The van der Waals surface area contributed by atoms with Gasteiger partial charge in [0.25, 0.3) is 0 Å². The lowest BCUT2D eigenvalue weighted by molar-refractivity contribution is 0.0693. The van der Waals surface area contributed by atoms with Crippen LogP contribution < -0.4 is 0 Å². The van der Waals surface area contributed by atoms with E-state index in [1.165, 1.54) is 76.3 Å². The van der Waals surface area contributed by atoms with E-state index in [-0.39, 0.29) is 11.3 Å². The third-order valence-electron chi connectivity index (χ3n) is 3.90. The smallest absolute Gasteiger partial charge is 0.339 e. The van der Waals surface area contributed by atoms with Crippen LogP contribution in [0.5, 0.6) is 5.75 Å². The van der Waals surface area contributed by atoms with Crippen LogP contribution in [0.4, 0.5) is 0 Å². The molecule has 0 saturated heterocycles. The summed E-state index contributed by atoms with van der Waals surface area (Å²) in [5.41, 5.74) is -0.0671. The molecular formula is C20H34O4. The first-order valence-electron chi connectivity index (χ1n) is 9.25. The lowest BCUT2D eigenvalue weighted by Crippen LogP contribution is -1.95. The molecule has 4 nitrogen and oxygen atoms in total. The number of aromatic carboxylic acids is 1. The number of benzene rings is 1. The Labute approximate surface area is 146 Å². The predicted molar refractivity (Wildman–Crippen MR) is 98.6 cm³/mol. The van der Waals surface area contributed by atoms with Crippen LogP contribution in [-0.4, -0.2) is 27.9 Å². The average molecular weight is 338 g/mol. The highest BCUT2D eigenvalue weighted by Gasteiger charge is 2.05. The van der Waals surface area contributed by atoms with E-state index >= 15 is 0 Å². The van der Waals surface area contributed by atoms with Gasteiger partial charge in [0.15, 0.2) is 0 Å². The van der Waals surface area contributed by atoms with Crippen LogP contribution in [0.15, 0.2) is 24.3 Å². The number of rotatable bonds is 12. The highest BCUT2D eigenvalue weighted by atomic mass is 16.4. The first-order chi connectivity index (χ1) is 11.6. The maximum Gasteiger partial charge on any atom is 0.339 e. The van der Waals surface area contributed by atoms with Crippen molar-refractivity contribution in [3.8, 4) is 5.75 Å². The van der Waals surface area contributed by atoms with Gasteiger partial charge < -0.3 is 15.3 Å². The molecule has 138 valence electrons. The van der Waals surface area contributed by atoms with E-state index in [2.05, 4.69) is 6.92 Å². The van der Waals surface area contributed by atoms with E-state index in [9.17, 15) is 4.79 Å². The highest BCUT2D eigenvalue weighted by molar-refractivity contribution is 5.90. The Hall–Kier alpha value is -1.55. The van der Waals surface area contributed by atoms with Gasteiger partial charge in [-0.2, -0.15) is 0 Å². The van der Waals surface area contributed by atoms with Crippen molar-refractivity contribution < 1.29 is 20.1 Å². The Morgan fingerprint density at radius 2 is 1.29 bits per heavy atom. The number of aliphatic hydroxyl groups is 1. The van der Waals surface area contributed by atoms with Crippen molar-refractivity contribution in [2.45, 2.75) is 77.6 Å². The molecule has 0 aromatic heterocycles. The molecule has 0 spiro atoms. The van der Waals surface area contributed by atoms with Gasteiger partial charge >= 0.3 is 5.97 Å². The molecule has 0 heterocycles. The Bertz CT molecular complexity index is 406. The zero-order chi connectivity index (χ0) is 18.0. The zero-order valence-corrected chi connectivity index (χ0v) is 15.0. The second-order valence-corrected chi connectivity index (χ2v) is 6.08. The number of carboxylic acid groups (broad SMARTS) is 1.